The number of hydrogen-bond donors (Lipinski definition) is 1. The molecule has 6 heteroatoms. The van der Waals surface area contributed by atoms with Crippen LogP contribution in [0.2, 0.25) is 0 Å². The van der Waals surface area contributed by atoms with Crippen molar-refractivity contribution < 1.29 is 4.79 Å². The van der Waals surface area contributed by atoms with E-state index < -0.39 is 0 Å². The van der Waals surface area contributed by atoms with Crippen LogP contribution in [-0.4, -0.2) is 45.7 Å². The molecule has 1 amide bonds. The Morgan fingerprint density at radius 2 is 2.31 bits per heavy atom. The average molecular weight is 225 g/mol. The van der Waals surface area contributed by atoms with Crippen LogP contribution in [0, 0.1) is 0 Å². The van der Waals surface area contributed by atoms with Crippen molar-refractivity contribution in [1.29, 1.82) is 0 Å². The van der Waals surface area contributed by atoms with E-state index in [9.17, 15) is 4.79 Å². The third-order valence-corrected chi connectivity index (χ3v) is 2.50. The highest BCUT2D eigenvalue weighted by Crippen LogP contribution is 1.93. The molecule has 90 valence electrons. The second-order valence-corrected chi connectivity index (χ2v) is 3.54. The van der Waals surface area contributed by atoms with Crippen LogP contribution in [0.1, 0.15) is 19.7 Å². The van der Waals surface area contributed by atoms with Gasteiger partial charge in [-0.15, -0.1) is 10.2 Å². The molecule has 1 heterocycles. The van der Waals surface area contributed by atoms with Crippen molar-refractivity contribution in [3.63, 3.8) is 0 Å². The summed E-state index contributed by atoms with van der Waals surface area (Å²) >= 11 is 0. The van der Waals surface area contributed by atoms with Gasteiger partial charge in [0.25, 0.3) is 0 Å². The molecule has 0 fully saturated rings. The van der Waals surface area contributed by atoms with Gasteiger partial charge in [-0.3, -0.25) is 4.79 Å². The molecule has 0 aliphatic rings. The SMILES string of the molecule is CCN(C)C(=O)CNCc1nncn1CC. The van der Waals surface area contributed by atoms with Crippen LogP contribution in [0.15, 0.2) is 6.33 Å². The maximum absolute atomic E-state index is 11.5. The first-order chi connectivity index (χ1) is 7.69. The molecular formula is C10H19N5O. The van der Waals surface area contributed by atoms with Crippen LogP contribution in [0.3, 0.4) is 0 Å². The molecule has 1 aromatic rings. The molecule has 0 saturated heterocycles. The lowest BCUT2D eigenvalue weighted by Crippen LogP contribution is -2.35. The number of hydrogen-bond acceptors (Lipinski definition) is 4. The molecule has 1 N–H and O–H groups in total. The van der Waals surface area contributed by atoms with Crippen molar-refractivity contribution in [3.8, 4) is 0 Å². The molecule has 0 aliphatic carbocycles. The van der Waals surface area contributed by atoms with E-state index in [1.54, 1.807) is 18.3 Å². The highest BCUT2D eigenvalue weighted by molar-refractivity contribution is 5.77. The van der Waals surface area contributed by atoms with Crippen molar-refractivity contribution in [2.75, 3.05) is 20.1 Å². The first-order valence-electron chi connectivity index (χ1n) is 5.50. The summed E-state index contributed by atoms with van der Waals surface area (Å²) in [6.07, 6.45) is 1.69. The van der Waals surface area contributed by atoms with Crippen LogP contribution >= 0.6 is 0 Å². The molecule has 0 aliphatic heterocycles. The predicted octanol–water partition coefficient (Wildman–Crippen LogP) is -0.134. The van der Waals surface area contributed by atoms with Gasteiger partial charge in [0.2, 0.25) is 5.91 Å². The largest absolute Gasteiger partial charge is 0.345 e. The molecule has 0 bridgehead atoms. The maximum atomic E-state index is 11.5. The van der Waals surface area contributed by atoms with Gasteiger partial charge in [-0.2, -0.15) is 0 Å². The van der Waals surface area contributed by atoms with E-state index in [-0.39, 0.29) is 5.91 Å². The molecule has 0 atom stereocenters. The first-order valence-corrected chi connectivity index (χ1v) is 5.50. The number of amides is 1. The van der Waals surface area contributed by atoms with Crippen LogP contribution in [0.25, 0.3) is 0 Å². The van der Waals surface area contributed by atoms with Gasteiger partial charge >= 0.3 is 0 Å². The quantitative estimate of drug-likeness (QED) is 0.732. The van der Waals surface area contributed by atoms with Crippen LogP contribution in [0.4, 0.5) is 0 Å². The van der Waals surface area contributed by atoms with E-state index in [0.717, 1.165) is 18.9 Å². The van der Waals surface area contributed by atoms with Crippen molar-refractivity contribution in [2.24, 2.45) is 0 Å². The molecule has 6 nitrogen and oxygen atoms in total. The minimum Gasteiger partial charge on any atom is -0.345 e. The summed E-state index contributed by atoms with van der Waals surface area (Å²) in [5.41, 5.74) is 0. The topological polar surface area (TPSA) is 63.1 Å². The third kappa shape index (κ3) is 3.30. The molecule has 0 spiro atoms. The molecule has 1 rings (SSSR count). The lowest BCUT2D eigenvalue weighted by atomic mass is 10.4. The van der Waals surface area contributed by atoms with Gasteiger partial charge in [-0.25, -0.2) is 0 Å². The van der Waals surface area contributed by atoms with Crippen LogP contribution < -0.4 is 5.32 Å². The van der Waals surface area contributed by atoms with E-state index in [4.69, 9.17) is 0 Å². The molecule has 1 aromatic heterocycles. The fraction of sp³-hybridized carbons (Fsp3) is 0.700. The number of nitrogens with one attached hydrogen (secondary N) is 1. The highest BCUT2D eigenvalue weighted by Gasteiger charge is 2.07. The fourth-order valence-electron chi connectivity index (χ4n) is 1.27. The summed E-state index contributed by atoms with van der Waals surface area (Å²) in [7, 11) is 1.79. The van der Waals surface area contributed by atoms with Gasteiger partial charge in [0, 0.05) is 20.1 Å². The normalized spacial score (nSPS) is 10.4. The van der Waals surface area contributed by atoms with E-state index in [2.05, 4.69) is 15.5 Å². The Kier molecular flexibility index (Phi) is 4.91. The molecule has 0 saturated carbocycles. The number of carbonyl (C=O) groups excluding carboxylic acids is 1. The van der Waals surface area contributed by atoms with Gasteiger partial charge in [-0.05, 0) is 13.8 Å². The monoisotopic (exact) mass is 225 g/mol. The number of nitrogens with zero attached hydrogens (tertiary/aromatic N) is 4. The Morgan fingerprint density at radius 3 is 2.94 bits per heavy atom. The van der Waals surface area contributed by atoms with Crippen molar-refractivity contribution in [3.05, 3.63) is 12.2 Å². The molecule has 0 unspecified atom stereocenters. The molecule has 0 aromatic carbocycles. The number of rotatable bonds is 6. The van der Waals surface area contributed by atoms with Crippen molar-refractivity contribution in [2.45, 2.75) is 26.9 Å². The number of aromatic nitrogens is 3. The van der Waals surface area contributed by atoms with Crippen molar-refractivity contribution >= 4 is 5.91 Å². The first kappa shape index (κ1) is 12.6. The summed E-state index contributed by atoms with van der Waals surface area (Å²) in [5.74, 6) is 0.944. The van der Waals surface area contributed by atoms with E-state index >= 15 is 0 Å². The van der Waals surface area contributed by atoms with E-state index in [0.29, 0.717) is 13.1 Å². The lowest BCUT2D eigenvalue weighted by molar-refractivity contribution is -0.128. The van der Waals surface area contributed by atoms with Gasteiger partial charge in [0.15, 0.2) is 0 Å². The predicted molar refractivity (Wildman–Crippen MR) is 60.7 cm³/mol. The Balaban J connectivity index is 2.33. The number of likely N-dealkylation sites (N-methyl/N-ethyl adjacent to an activating group) is 1. The van der Waals surface area contributed by atoms with Gasteiger partial charge in [-0.1, -0.05) is 0 Å². The number of carbonyl (C=O) groups is 1. The summed E-state index contributed by atoms with van der Waals surface area (Å²) in [4.78, 5) is 13.2. The summed E-state index contributed by atoms with van der Waals surface area (Å²) in [6, 6.07) is 0. The Hall–Kier alpha value is -1.43. The smallest absolute Gasteiger partial charge is 0.236 e. The Labute approximate surface area is 95.6 Å². The summed E-state index contributed by atoms with van der Waals surface area (Å²) in [6.45, 7) is 6.45. The van der Waals surface area contributed by atoms with Crippen LogP contribution in [-0.2, 0) is 17.9 Å². The minimum absolute atomic E-state index is 0.0880. The second-order valence-electron chi connectivity index (χ2n) is 3.54. The van der Waals surface area contributed by atoms with Crippen LogP contribution in [0.5, 0.6) is 0 Å². The average Bonchev–Trinajstić information content (AvgIpc) is 2.75. The zero-order chi connectivity index (χ0) is 12.0. The van der Waals surface area contributed by atoms with E-state index in [1.807, 2.05) is 18.4 Å². The van der Waals surface area contributed by atoms with E-state index in [1.165, 1.54) is 0 Å². The lowest BCUT2D eigenvalue weighted by Gasteiger charge is -2.14. The molecule has 0 radical (unpaired) electrons. The minimum atomic E-state index is 0.0880. The Bertz CT molecular complexity index is 336. The fourth-order valence-corrected chi connectivity index (χ4v) is 1.27. The highest BCUT2D eigenvalue weighted by atomic mass is 16.2. The molecule has 16 heavy (non-hydrogen) atoms. The van der Waals surface area contributed by atoms with Gasteiger partial charge in [0.05, 0.1) is 13.1 Å². The molecular weight excluding hydrogens is 206 g/mol. The third-order valence-electron chi connectivity index (χ3n) is 2.50. The maximum Gasteiger partial charge on any atom is 0.236 e. The standard InChI is InChI=1S/C10H19N5O/c1-4-14(3)10(16)7-11-6-9-13-12-8-15(9)5-2/h8,11H,4-7H2,1-3H3. The van der Waals surface area contributed by atoms with Gasteiger partial charge < -0.3 is 14.8 Å². The summed E-state index contributed by atoms with van der Waals surface area (Å²) in [5, 5.41) is 10.9. The zero-order valence-electron chi connectivity index (χ0n) is 10.1. The van der Waals surface area contributed by atoms with Crippen molar-refractivity contribution in [1.82, 2.24) is 25.0 Å². The Morgan fingerprint density at radius 1 is 1.56 bits per heavy atom. The zero-order valence-corrected chi connectivity index (χ0v) is 10.1. The number of aryl methyl sites for hydroxylation is 1. The summed E-state index contributed by atoms with van der Waals surface area (Å²) < 4.78 is 1.95. The van der Waals surface area contributed by atoms with Gasteiger partial charge in [0.1, 0.15) is 12.2 Å². The second kappa shape index (κ2) is 6.22.